The van der Waals surface area contributed by atoms with Crippen LogP contribution in [0.15, 0.2) is 72.2 Å². The minimum absolute atomic E-state index is 0.132. The summed E-state index contributed by atoms with van der Waals surface area (Å²) in [6.07, 6.45) is 5.71. The van der Waals surface area contributed by atoms with E-state index in [4.69, 9.17) is 4.98 Å². The standard InChI is InChI=1S/C23H15N3O2S/c27-22(28)18-14-16(24-19-9-5-4-8-17(18)19)10-11-20-21(15-6-2-1-3-7-15)25-23-26(20)12-13-29-23/h1-14H,(H,27,28)/p-1/b11-10+. The monoisotopic (exact) mass is 396 g/mol. The number of hydrogen-bond donors (Lipinski definition) is 0. The number of carbonyl (C=O) groups is 1. The topological polar surface area (TPSA) is 70.3 Å². The van der Waals surface area contributed by atoms with E-state index < -0.39 is 5.97 Å². The number of hydrogen-bond acceptors (Lipinski definition) is 5. The lowest BCUT2D eigenvalue weighted by Crippen LogP contribution is -2.22. The Labute approximate surface area is 170 Å². The molecule has 0 N–H and O–H groups in total. The number of carbonyl (C=O) groups excluding carboxylic acids is 1. The van der Waals surface area contributed by atoms with E-state index in [2.05, 4.69) is 4.98 Å². The zero-order chi connectivity index (χ0) is 19.8. The largest absolute Gasteiger partial charge is 0.545 e. The smallest absolute Gasteiger partial charge is 0.194 e. The van der Waals surface area contributed by atoms with E-state index in [1.165, 1.54) is 0 Å². The lowest BCUT2D eigenvalue weighted by molar-refractivity contribution is -0.254. The molecule has 0 unspecified atom stereocenters. The molecule has 0 atom stereocenters. The maximum atomic E-state index is 11.6. The molecule has 0 amide bonds. The van der Waals surface area contributed by atoms with Gasteiger partial charge in [-0.3, -0.25) is 4.40 Å². The van der Waals surface area contributed by atoms with Crippen molar-refractivity contribution in [2.24, 2.45) is 0 Å². The van der Waals surface area contributed by atoms with Crippen LogP contribution in [0.25, 0.3) is 39.3 Å². The van der Waals surface area contributed by atoms with Crippen molar-refractivity contribution in [2.75, 3.05) is 0 Å². The number of nitrogens with zero attached hydrogens (tertiary/aromatic N) is 3. The summed E-state index contributed by atoms with van der Waals surface area (Å²) in [5.41, 5.74) is 4.10. The van der Waals surface area contributed by atoms with Crippen molar-refractivity contribution in [3.05, 3.63) is 89.2 Å². The highest BCUT2D eigenvalue weighted by molar-refractivity contribution is 7.15. The number of para-hydroxylation sites is 1. The number of thiazole rings is 1. The highest BCUT2D eigenvalue weighted by Crippen LogP contribution is 2.28. The summed E-state index contributed by atoms with van der Waals surface area (Å²) in [5, 5.41) is 14.2. The van der Waals surface area contributed by atoms with Crippen LogP contribution in [0.1, 0.15) is 21.7 Å². The number of carboxylic acid groups (broad SMARTS) is 1. The predicted octanol–water partition coefficient (Wildman–Crippen LogP) is 4.14. The Morgan fingerprint density at radius 1 is 1.00 bits per heavy atom. The third-order valence-corrected chi connectivity index (χ3v) is 5.47. The van der Waals surface area contributed by atoms with Gasteiger partial charge in [-0.15, -0.1) is 11.3 Å². The van der Waals surface area contributed by atoms with Crippen LogP contribution in [-0.4, -0.2) is 20.3 Å². The maximum Gasteiger partial charge on any atom is 0.194 e. The highest BCUT2D eigenvalue weighted by atomic mass is 32.1. The molecule has 0 spiro atoms. The average Bonchev–Trinajstić information content (AvgIpc) is 3.34. The van der Waals surface area contributed by atoms with Crippen LogP contribution >= 0.6 is 11.3 Å². The summed E-state index contributed by atoms with van der Waals surface area (Å²) >= 11 is 1.56. The van der Waals surface area contributed by atoms with Crippen LogP contribution in [0.4, 0.5) is 0 Å². The first kappa shape index (κ1) is 17.3. The average molecular weight is 396 g/mol. The molecule has 6 heteroatoms. The molecule has 3 heterocycles. The van der Waals surface area contributed by atoms with E-state index in [1.807, 2.05) is 64.5 Å². The van der Waals surface area contributed by atoms with Gasteiger partial charge in [0.05, 0.1) is 28.6 Å². The Bertz CT molecular complexity index is 1380. The Balaban J connectivity index is 1.65. The quantitative estimate of drug-likeness (QED) is 0.458. The van der Waals surface area contributed by atoms with E-state index in [9.17, 15) is 9.90 Å². The molecule has 0 aliphatic rings. The van der Waals surface area contributed by atoms with Gasteiger partial charge >= 0.3 is 0 Å². The number of rotatable bonds is 4. The molecular formula is C23H14N3O2S-. The van der Waals surface area contributed by atoms with E-state index in [0.717, 1.165) is 21.9 Å². The van der Waals surface area contributed by atoms with Gasteiger partial charge in [-0.25, -0.2) is 9.97 Å². The second-order valence-corrected chi connectivity index (χ2v) is 7.37. The van der Waals surface area contributed by atoms with Crippen molar-refractivity contribution in [1.82, 2.24) is 14.4 Å². The van der Waals surface area contributed by atoms with Crippen molar-refractivity contribution < 1.29 is 9.90 Å². The molecule has 0 bridgehead atoms. The first-order chi connectivity index (χ1) is 14.2. The number of fused-ring (bicyclic) bond motifs is 2. The van der Waals surface area contributed by atoms with Crippen LogP contribution in [0.2, 0.25) is 0 Å². The summed E-state index contributed by atoms with van der Waals surface area (Å²) in [6, 6.07) is 18.7. The molecule has 3 aromatic heterocycles. The van der Waals surface area contributed by atoms with Gasteiger partial charge in [0.1, 0.15) is 0 Å². The van der Waals surface area contributed by atoms with Crippen LogP contribution in [0.5, 0.6) is 0 Å². The molecule has 2 aromatic carbocycles. The van der Waals surface area contributed by atoms with Crippen molar-refractivity contribution in [1.29, 1.82) is 0 Å². The Kier molecular flexibility index (Phi) is 4.18. The molecule has 0 saturated carbocycles. The second kappa shape index (κ2) is 7.00. The normalized spacial score (nSPS) is 11.6. The van der Waals surface area contributed by atoms with Gasteiger partial charge in [0.15, 0.2) is 4.96 Å². The fourth-order valence-corrected chi connectivity index (χ4v) is 4.11. The molecule has 5 aromatic rings. The predicted molar refractivity (Wildman–Crippen MR) is 114 cm³/mol. The summed E-state index contributed by atoms with van der Waals surface area (Å²) in [7, 11) is 0. The minimum atomic E-state index is -1.21. The fraction of sp³-hybridized carbons (Fsp3) is 0. The Morgan fingerprint density at radius 3 is 2.62 bits per heavy atom. The van der Waals surface area contributed by atoms with Crippen LogP contribution < -0.4 is 5.11 Å². The molecule has 140 valence electrons. The van der Waals surface area contributed by atoms with E-state index in [-0.39, 0.29) is 5.56 Å². The van der Waals surface area contributed by atoms with Gasteiger partial charge < -0.3 is 9.90 Å². The van der Waals surface area contributed by atoms with Gasteiger partial charge in [0.2, 0.25) is 0 Å². The molecule has 5 rings (SSSR count). The molecule has 0 aliphatic carbocycles. The van der Waals surface area contributed by atoms with Crippen molar-refractivity contribution in [3.8, 4) is 11.3 Å². The van der Waals surface area contributed by atoms with E-state index in [1.54, 1.807) is 35.6 Å². The van der Waals surface area contributed by atoms with Gasteiger partial charge in [0, 0.05) is 28.1 Å². The molecular weight excluding hydrogens is 382 g/mol. The fourth-order valence-electron chi connectivity index (χ4n) is 3.39. The number of benzene rings is 2. The zero-order valence-corrected chi connectivity index (χ0v) is 16.0. The van der Waals surface area contributed by atoms with Gasteiger partial charge in [-0.2, -0.15) is 0 Å². The van der Waals surface area contributed by atoms with Crippen LogP contribution in [-0.2, 0) is 0 Å². The summed E-state index contributed by atoms with van der Waals surface area (Å²) < 4.78 is 2.02. The Morgan fingerprint density at radius 2 is 1.79 bits per heavy atom. The molecule has 0 fully saturated rings. The summed E-state index contributed by atoms with van der Waals surface area (Å²) in [4.78, 5) is 21.8. The third-order valence-electron chi connectivity index (χ3n) is 4.71. The highest BCUT2D eigenvalue weighted by Gasteiger charge is 2.13. The molecule has 29 heavy (non-hydrogen) atoms. The lowest BCUT2D eigenvalue weighted by atomic mass is 10.1. The van der Waals surface area contributed by atoms with E-state index >= 15 is 0 Å². The summed E-state index contributed by atoms with van der Waals surface area (Å²) in [5.74, 6) is -1.21. The SMILES string of the molecule is O=C([O-])c1cc(/C=C/c2c(-c3ccccc3)nc3sccn23)nc2ccccc12. The second-order valence-electron chi connectivity index (χ2n) is 6.50. The third kappa shape index (κ3) is 3.09. The van der Waals surface area contributed by atoms with Gasteiger partial charge in [-0.1, -0.05) is 48.5 Å². The molecule has 0 radical (unpaired) electrons. The number of aromatic carboxylic acids is 1. The van der Waals surface area contributed by atoms with E-state index in [0.29, 0.717) is 16.6 Å². The summed E-state index contributed by atoms with van der Waals surface area (Å²) in [6.45, 7) is 0. The maximum absolute atomic E-state index is 11.6. The van der Waals surface area contributed by atoms with Crippen molar-refractivity contribution in [2.45, 2.75) is 0 Å². The van der Waals surface area contributed by atoms with Crippen LogP contribution in [0, 0.1) is 0 Å². The Hall–Kier alpha value is -3.77. The van der Waals surface area contributed by atoms with Crippen molar-refractivity contribution >= 4 is 45.3 Å². The van der Waals surface area contributed by atoms with Gasteiger partial charge in [-0.05, 0) is 24.3 Å². The molecule has 0 saturated heterocycles. The first-order valence-electron chi connectivity index (χ1n) is 9.01. The number of aromatic nitrogens is 3. The zero-order valence-electron chi connectivity index (χ0n) is 15.1. The number of imidazole rings is 1. The number of pyridine rings is 1. The lowest BCUT2D eigenvalue weighted by Gasteiger charge is -2.08. The van der Waals surface area contributed by atoms with Gasteiger partial charge in [0.25, 0.3) is 0 Å². The first-order valence-corrected chi connectivity index (χ1v) is 9.89. The van der Waals surface area contributed by atoms with Crippen LogP contribution in [0.3, 0.4) is 0 Å². The van der Waals surface area contributed by atoms with Crippen molar-refractivity contribution in [3.63, 3.8) is 0 Å². The number of carboxylic acids is 1. The minimum Gasteiger partial charge on any atom is -0.545 e. The molecule has 0 aliphatic heterocycles. The molecule has 5 nitrogen and oxygen atoms in total.